The van der Waals surface area contributed by atoms with Crippen LogP contribution < -0.4 is 10.2 Å². The van der Waals surface area contributed by atoms with E-state index in [2.05, 4.69) is 25.3 Å². The third-order valence-corrected chi connectivity index (χ3v) is 6.34. The number of aromatic nitrogens is 3. The Hall–Kier alpha value is -3.22. The number of piperidine rings is 1. The van der Waals surface area contributed by atoms with Crippen LogP contribution in [0.15, 0.2) is 53.2 Å². The molecule has 7 heteroatoms. The van der Waals surface area contributed by atoms with Crippen LogP contribution in [0.3, 0.4) is 0 Å². The Morgan fingerprint density at radius 1 is 1.00 bits per heavy atom. The van der Waals surface area contributed by atoms with Crippen molar-refractivity contribution in [3.8, 4) is 22.8 Å². The highest BCUT2D eigenvalue weighted by molar-refractivity contribution is 5.79. The number of benzene rings is 1. The van der Waals surface area contributed by atoms with E-state index < -0.39 is 0 Å². The Kier molecular flexibility index (Phi) is 5.65. The number of nitrogens with zero attached hydrogens (tertiary/aromatic N) is 4. The fourth-order valence-electron chi connectivity index (χ4n) is 4.60. The van der Waals surface area contributed by atoms with Crippen molar-refractivity contribution in [2.45, 2.75) is 44.6 Å². The molecule has 3 aromatic rings. The van der Waals surface area contributed by atoms with E-state index in [1.54, 1.807) is 6.20 Å². The van der Waals surface area contributed by atoms with Crippen LogP contribution in [-0.2, 0) is 4.79 Å². The molecule has 0 atom stereocenters. The summed E-state index contributed by atoms with van der Waals surface area (Å²) in [5.41, 5.74) is 1.74. The molecule has 1 aromatic carbocycles. The molecule has 0 unspecified atom stereocenters. The van der Waals surface area contributed by atoms with Gasteiger partial charge in [0.15, 0.2) is 0 Å². The Bertz CT molecular complexity index is 1020. The van der Waals surface area contributed by atoms with Gasteiger partial charge >= 0.3 is 0 Å². The van der Waals surface area contributed by atoms with E-state index in [0.29, 0.717) is 17.8 Å². The molecule has 31 heavy (non-hydrogen) atoms. The first-order valence-corrected chi connectivity index (χ1v) is 11.2. The highest BCUT2D eigenvalue weighted by Gasteiger charge is 2.29. The lowest BCUT2D eigenvalue weighted by atomic mass is 9.95. The SMILES string of the molecule is O=C(NC1CCCC1)C1CCN(c2ncccc2-c2nc(-c3ccccc3)no2)CC1. The first kappa shape index (κ1) is 19.7. The summed E-state index contributed by atoms with van der Waals surface area (Å²) < 4.78 is 5.58. The number of hydrogen-bond donors (Lipinski definition) is 1. The largest absolute Gasteiger partial charge is 0.356 e. The molecule has 1 saturated heterocycles. The number of hydrogen-bond acceptors (Lipinski definition) is 6. The maximum atomic E-state index is 12.6. The van der Waals surface area contributed by atoms with Crippen LogP contribution in [0.5, 0.6) is 0 Å². The van der Waals surface area contributed by atoms with Gasteiger partial charge in [0, 0.05) is 36.8 Å². The van der Waals surface area contributed by atoms with Gasteiger partial charge in [-0.2, -0.15) is 4.98 Å². The van der Waals surface area contributed by atoms with Gasteiger partial charge < -0.3 is 14.7 Å². The highest BCUT2D eigenvalue weighted by Crippen LogP contribution is 2.32. The number of anilines is 1. The molecule has 1 aliphatic heterocycles. The van der Waals surface area contributed by atoms with Gasteiger partial charge in [-0.05, 0) is 37.8 Å². The molecule has 2 aromatic heterocycles. The normalized spacial score (nSPS) is 17.7. The van der Waals surface area contributed by atoms with Gasteiger partial charge in [-0.15, -0.1) is 0 Å². The second kappa shape index (κ2) is 8.88. The zero-order valence-electron chi connectivity index (χ0n) is 17.5. The monoisotopic (exact) mass is 417 g/mol. The van der Waals surface area contributed by atoms with Gasteiger partial charge in [0.2, 0.25) is 11.7 Å². The summed E-state index contributed by atoms with van der Waals surface area (Å²) in [7, 11) is 0. The van der Waals surface area contributed by atoms with Gasteiger partial charge in [-0.25, -0.2) is 4.98 Å². The van der Waals surface area contributed by atoms with Gasteiger partial charge in [-0.3, -0.25) is 4.79 Å². The molecule has 5 rings (SSSR count). The van der Waals surface area contributed by atoms with Crippen LogP contribution >= 0.6 is 0 Å². The molecule has 2 aliphatic rings. The maximum Gasteiger partial charge on any atom is 0.261 e. The second-order valence-electron chi connectivity index (χ2n) is 8.42. The third-order valence-electron chi connectivity index (χ3n) is 6.34. The Morgan fingerprint density at radius 3 is 2.55 bits per heavy atom. The Balaban J connectivity index is 1.28. The number of carbonyl (C=O) groups is 1. The number of nitrogens with one attached hydrogen (secondary N) is 1. The minimum absolute atomic E-state index is 0.0806. The summed E-state index contributed by atoms with van der Waals surface area (Å²) in [4.78, 5) is 24.1. The minimum atomic E-state index is 0.0806. The summed E-state index contributed by atoms with van der Waals surface area (Å²) in [5.74, 6) is 2.16. The fourth-order valence-corrected chi connectivity index (χ4v) is 4.60. The lowest BCUT2D eigenvalue weighted by molar-refractivity contribution is -0.126. The zero-order valence-corrected chi connectivity index (χ0v) is 17.5. The summed E-state index contributed by atoms with van der Waals surface area (Å²) in [5, 5.41) is 7.40. The van der Waals surface area contributed by atoms with Crippen molar-refractivity contribution in [3.05, 3.63) is 48.7 Å². The topological polar surface area (TPSA) is 84.2 Å². The summed E-state index contributed by atoms with van der Waals surface area (Å²) >= 11 is 0. The summed E-state index contributed by atoms with van der Waals surface area (Å²) in [6.07, 6.45) is 8.14. The van der Waals surface area contributed by atoms with Crippen molar-refractivity contribution in [3.63, 3.8) is 0 Å². The van der Waals surface area contributed by atoms with E-state index in [1.165, 1.54) is 12.8 Å². The average molecular weight is 418 g/mol. The van der Waals surface area contributed by atoms with E-state index in [0.717, 1.165) is 55.7 Å². The Labute approximate surface area is 181 Å². The molecular formula is C24H27N5O2. The van der Waals surface area contributed by atoms with Gasteiger partial charge in [-0.1, -0.05) is 48.3 Å². The molecule has 0 bridgehead atoms. The van der Waals surface area contributed by atoms with E-state index in [-0.39, 0.29) is 11.8 Å². The smallest absolute Gasteiger partial charge is 0.261 e. The maximum absolute atomic E-state index is 12.6. The van der Waals surface area contributed by atoms with E-state index in [1.807, 2.05) is 42.5 Å². The van der Waals surface area contributed by atoms with Crippen molar-refractivity contribution in [1.82, 2.24) is 20.4 Å². The van der Waals surface area contributed by atoms with E-state index >= 15 is 0 Å². The van der Waals surface area contributed by atoms with Crippen LogP contribution in [0.25, 0.3) is 22.8 Å². The first-order chi connectivity index (χ1) is 15.3. The quantitative estimate of drug-likeness (QED) is 0.674. The van der Waals surface area contributed by atoms with Crippen LogP contribution in [-0.4, -0.2) is 40.2 Å². The zero-order chi connectivity index (χ0) is 21.0. The average Bonchev–Trinajstić information content (AvgIpc) is 3.52. The van der Waals surface area contributed by atoms with Crippen LogP contribution in [0.4, 0.5) is 5.82 Å². The first-order valence-electron chi connectivity index (χ1n) is 11.2. The van der Waals surface area contributed by atoms with E-state index in [9.17, 15) is 4.79 Å². The van der Waals surface area contributed by atoms with Crippen molar-refractivity contribution < 1.29 is 9.32 Å². The summed E-state index contributed by atoms with van der Waals surface area (Å²) in [6, 6.07) is 14.0. The second-order valence-corrected chi connectivity index (χ2v) is 8.42. The molecule has 3 heterocycles. The number of pyridine rings is 1. The number of amides is 1. The molecule has 7 nitrogen and oxygen atoms in total. The predicted molar refractivity (Wildman–Crippen MR) is 118 cm³/mol. The van der Waals surface area contributed by atoms with Gasteiger partial charge in [0.25, 0.3) is 5.89 Å². The van der Waals surface area contributed by atoms with Gasteiger partial charge in [0.1, 0.15) is 5.82 Å². The molecule has 1 amide bonds. The molecule has 0 spiro atoms. The van der Waals surface area contributed by atoms with Crippen LogP contribution in [0, 0.1) is 5.92 Å². The van der Waals surface area contributed by atoms with Crippen molar-refractivity contribution in [1.29, 1.82) is 0 Å². The lowest BCUT2D eigenvalue weighted by Gasteiger charge is -2.33. The highest BCUT2D eigenvalue weighted by atomic mass is 16.5. The molecule has 1 saturated carbocycles. The van der Waals surface area contributed by atoms with Gasteiger partial charge in [0.05, 0.1) is 5.56 Å². The molecule has 2 fully saturated rings. The van der Waals surface area contributed by atoms with Crippen LogP contribution in [0.1, 0.15) is 38.5 Å². The molecule has 1 aliphatic carbocycles. The number of rotatable bonds is 5. The minimum Gasteiger partial charge on any atom is -0.356 e. The van der Waals surface area contributed by atoms with Crippen molar-refractivity contribution in [2.24, 2.45) is 5.92 Å². The molecular weight excluding hydrogens is 390 g/mol. The van der Waals surface area contributed by atoms with Crippen molar-refractivity contribution in [2.75, 3.05) is 18.0 Å². The number of carbonyl (C=O) groups excluding carboxylic acids is 1. The predicted octanol–water partition coefficient (Wildman–Crippen LogP) is 4.07. The lowest BCUT2D eigenvalue weighted by Crippen LogP contribution is -2.43. The Morgan fingerprint density at radius 2 is 1.77 bits per heavy atom. The van der Waals surface area contributed by atoms with E-state index in [4.69, 9.17) is 4.52 Å². The standard InChI is InChI=1S/C24H27N5O2/c30-23(26-19-9-4-5-10-19)18-12-15-29(16-13-18)22-20(11-6-14-25-22)24-27-21(28-31-24)17-7-2-1-3-8-17/h1-3,6-8,11,14,18-19H,4-5,9-10,12-13,15-16H2,(H,26,30). The van der Waals surface area contributed by atoms with Crippen molar-refractivity contribution >= 4 is 11.7 Å². The van der Waals surface area contributed by atoms with Crippen LogP contribution in [0.2, 0.25) is 0 Å². The third kappa shape index (κ3) is 4.31. The molecule has 160 valence electrons. The fraction of sp³-hybridized carbons (Fsp3) is 0.417. The molecule has 1 N–H and O–H groups in total. The molecule has 0 radical (unpaired) electrons. The summed E-state index contributed by atoms with van der Waals surface area (Å²) in [6.45, 7) is 1.57.